The van der Waals surface area contributed by atoms with Crippen LogP contribution in [0.4, 0.5) is 0 Å². The summed E-state index contributed by atoms with van der Waals surface area (Å²) >= 11 is 5.11. The summed E-state index contributed by atoms with van der Waals surface area (Å²) < 4.78 is 0. The lowest BCUT2D eigenvalue weighted by molar-refractivity contribution is 0.564. The molecule has 0 spiro atoms. The van der Waals surface area contributed by atoms with E-state index < -0.39 is 0 Å². The SMILES string of the molecule is O=[C]C=CCCl. The third kappa shape index (κ3) is 3.70. The number of halogens is 1. The first-order valence-corrected chi connectivity index (χ1v) is 2.04. The van der Waals surface area contributed by atoms with Gasteiger partial charge >= 0.3 is 0 Å². The standard InChI is InChI=1S/C4H4ClO/c5-3-1-2-4-6/h1-2H,3H2. The van der Waals surface area contributed by atoms with Crippen molar-refractivity contribution in [3.8, 4) is 0 Å². The Morgan fingerprint density at radius 2 is 2.50 bits per heavy atom. The van der Waals surface area contributed by atoms with E-state index in [9.17, 15) is 4.79 Å². The van der Waals surface area contributed by atoms with Crippen LogP contribution in [0.15, 0.2) is 12.2 Å². The quantitative estimate of drug-likeness (QED) is 0.375. The Hall–Kier alpha value is -0.300. The van der Waals surface area contributed by atoms with Crippen LogP contribution in [0.2, 0.25) is 0 Å². The molecule has 0 atom stereocenters. The van der Waals surface area contributed by atoms with Crippen molar-refractivity contribution in [2.75, 3.05) is 5.88 Å². The van der Waals surface area contributed by atoms with Crippen LogP contribution in [0.1, 0.15) is 0 Å². The fourth-order valence-corrected chi connectivity index (χ4v) is 0.182. The van der Waals surface area contributed by atoms with Gasteiger partial charge < -0.3 is 0 Å². The number of hydrogen-bond acceptors (Lipinski definition) is 1. The van der Waals surface area contributed by atoms with E-state index in [1.165, 1.54) is 12.2 Å². The van der Waals surface area contributed by atoms with Gasteiger partial charge in [-0.1, -0.05) is 6.08 Å². The van der Waals surface area contributed by atoms with Crippen molar-refractivity contribution in [1.82, 2.24) is 0 Å². The van der Waals surface area contributed by atoms with Gasteiger partial charge in [-0.25, -0.2) is 0 Å². The van der Waals surface area contributed by atoms with E-state index in [0.29, 0.717) is 5.88 Å². The molecule has 6 heavy (non-hydrogen) atoms. The van der Waals surface area contributed by atoms with Crippen LogP contribution in [0.3, 0.4) is 0 Å². The molecular weight excluding hydrogens is 99.5 g/mol. The minimum absolute atomic E-state index is 0.384. The summed E-state index contributed by atoms with van der Waals surface area (Å²) in [5.74, 6) is 0.384. The average Bonchev–Trinajstić information content (AvgIpc) is 1.61. The second-order valence-corrected chi connectivity index (χ2v) is 0.983. The van der Waals surface area contributed by atoms with Gasteiger partial charge in [-0.2, -0.15) is 0 Å². The lowest BCUT2D eigenvalue weighted by atomic mass is 10.6. The minimum Gasteiger partial charge on any atom is -0.286 e. The molecule has 2 heteroatoms. The van der Waals surface area contributed by atoms with Crippen molar-refractivity contribution < 1.29 is 4.79 Å². The van der Waals surface area contributed by atoms with Crippen LogP contribution >= 0.6 is 11.6 Å². The van der Waals surface area contributed by atoms with Crippen molar-refractivity contribution in [1.29, 1.82) is 0 Å². The molecule has 1 nitrogen and oxygen atoms in total. The van der Waals surface area contributed by atoms with Gasteiger partial charge in [-0.05, 0) is 6.08 Å². The van der Waals surface area contributed by atoms with Gasteiger partial charge in [0.1, 0.15) is 0 Å². The summed E-state index contributed by atoms with van der Waals surface area (Å²) in [6, 6.07) is 0. The first-order valence-electron chi connectivity index (χ1n) is 1.50. The lowest BCUT2D eigenvalue weighted by Crippen LogP contribution is -1.59. The van der Waals surface area contributed by atoms with Crippen molar-refractivity contribution in [2.24, 2.45) is 0 Å². The Balaban J connectivity index is 2.94. The van der Waals surface area contributed by atoms with Crippen molar-refractivity contribution in [3.63, 3.8) is 0 Å². The molecule has 0 saturated heterocycles. The molecule has 0 fully saturated rings. The molecule has 0 aromatic rings. The van der Waals surface area contributed by atoms with E-state index >= 15 is 0 Å². The second kappa shape index (κ2) is 4.70. The summed E-state index contributed by atoms with van der Waals surface area (Å²) in [5.41, 5.74) is 0. The largest absolute Gasteiger partial charge is 0.286 e. The Morgan fingerprint density at radius 1 is 1.83 bits per heavy atom. The molecule has 0 amide bonds. The van der Waals surface area contributed by atoms with Crippen LogP contribution in [0.25, 0.3) is 0 Å². The third-order valence-electron chi connectivity index (χ3n) is 0.275. The highest BCUT2D eigenvalue weighted by molar-refractivity contribution is 6.19. The third-order valence-corrected chi connectivity index (χ3v) is 0.453. The molecule has 0 bridgehead atoms. The minimum atomic E-state index is 0.384. The highest BCUT2D eigenvalue weighted by Crippen LogP contribution is 1.72. The normalized spacial score (nSPS) is 9.50. The number of rotatable bonds is 2. The lowest BCUT2D eigenvalue weighted by Gasteiger charge is -1.62. The highest BCUT2D eigenvalue weighted by Gasteiger charge is 1.62. The Kier molecular flexibility index (Phi) is 4.47. The van der Waals surface area contributed by atoms with Crippen LogP contribution < -0.4 is 0 Å². The molecule has 0 aromatic carbocycles. The van der Waals surface area contributed by atoms with E-state index in [2.05, 4.69) is 0 Å². The van der Waals surface area contributed by atoms with Gasteiger partial charge in [0, 0.05) is 5.88 Å². The predicted octanol–water partition coefficient (Wildman–Crippen LogP) is 0.891. The maximum Gasteiger partial charge on any atom is 0.225 e. The molecule has 33 valence electrons. The summed E-state index contributed by atoms with van der Waals surface area (Å²) in [4.78, 5) is 9.29. The summed E-state index contributed by atoms with van der Waals surface area (Å²) in [7, 11) is 0. The summed E-state index contributed by atoms with van der Waals surface area (Å²) in [5, 5.41) is 0. The highest BCUT2D eigenvalue weighted by atomic mass is 35.5. The van der Waals surface area contributed by atoms with Crippen molar-refractivity contribution >= 4 is 17.9 Å². The molecule has 0 rings (SSSR count). The van der Waals surface area contributed by atoms with Crippen molar-refractivity contribution in [2.45, 2.75) is 0 Å². The Labute approximate surface area is 41.6 Å². The van der Waals surface area contributed by atoms with Gasteiger partial charge in [0.15, 0.2) is 0 Å². The van der Waals surface area contributed by atoms with E-state index in [4.69, 9.17) is 11.6 Å². The zero-order valence-electron chi connectivity index (χ0n) is 3.15. The van der Waals surface area contributed by atoms with E-state index in [0.717, 1.165) is 0 Å². The molecule has 0 aliphatic heterocycles. The predicted molar refractivity (Wildman–Crippen MR) is 25.6 cm³/mol. The van der Waals surface area contributed by atoms with E-state index in [1.807, 2.05) is 0 Å². The molecular formula is C4H4ClO. The number of hydrogen-bond donors (Lipinski definition) is 0. The maximum absolute atomic E-state index is 9.29. The molecule has 0 heterocycles. The van der Waals surface area contributed by atoms with Crippen LogP contribution in [0, 0.1) is 0 Å². The number of allylic oxidation sites excluding steroid dienone is 2. The van der Waals surface area contributed by atoms with Gasteiger partial charge in [0.25, 0.3) is 0 Å². The monoisotopic (exact) mass is 103 g/mol. The molecule has 0 aliphatic rings. The van der Waals surface area contributed by atoms with Gasteiger partial charge in [0.2, 0.25) is 6.29 Å². The first kappa shape index (κ1) is 5.70. The second-order valence-electron chi connectivity index (χ2n) is 0.675. The van der Waals surface area contributed by atoms with Gasteiger partial charge in [-0.15, -0.1) is 11.6 Å². The smallest absolute Gasteiger partial charge is 0.225 e. The van der Waals surface area contributed by atoms with E-state index in [1.54, 1.807) is 6.29 Å². The zero-order valence-corrected chi connectivity index (χ0v) is 3.90. The summed E-state index contributed by atoms with van der Waals surface area (Å²) in [6.07, 6.45) is 4.32. The Morgan fingerprint density at radius 3 is 2.67 bits per heavy atom. The van der Waals surface area contributed by atoms with Crippen LogP contribution in [-0.2, 0) is 4.79 Å². The Bertz CT molecular complexity index is 58.6. The molecule has 0 aromatic heterocycles. The van der Waals surface area contributed by atoms with E-state index in [-0.39, 0.29) is 0 Å². The fourth-order valence-electron chi connectivity index (χ4n) is 0.0927. The maximum atomic E-state index is 9.29. The van der Waals surface area contributed by atoms with Gasteiger partial charge in [-0.3, -0.25) is 4.79 Å². The molecule has 0 unspecified atom stereocenters. The van der Waals surface area contributed by atoms with Crippen LogP contribution in [0.5, 0.6) is 0 Å². The number of alkyl halides is 1. The summed E-state index contributed by atoms with van der Waals surface area (Å²) in [6.45, 7) is 0. The topological polar surface area (TPSA) is 17.1 Å². The number of carbonyl (C=O) groups excluding carboxylic acids is 1. The average molecular weight is 104 g/mol. The first-order chi connectivity index (χ1) is 2.91. The van der Waals surface area contributed by atoms with Crippen LogP contribution in [-0.4, -0.2) is 12.2 Å². The molecule has 0 saturated carbocycles. The van der Waals surface area contributed by atoms with Gasteiger partial charge in [0.05, 0.1) is 0 Å². The molecule has 0 aliphatic carbocycles. The molecule has 0 N–H and O–H groups in total. The fraction of sp³-hybridized carbons (Fsp3) is 0.250. The molecule has 1 radical (unpaired) electrons. The van der Waals surface area contributed by atoms with Crippen molar-refractivity contribution in [3.05, 3.63) is 12.2 Å². The zero-order chi connectivity index (χ0) is 4.83.